The van der Waals surface area contributed by atoms with Crippen molar-refractivity contribution in [2.75, 3.05) is 13.1 Å². The molecule has 0 bridgehead atoms. The van der Waals surface area contributed by atoms with E-state index in [-0.39, 0.29) is 18.0 Å². The number of hydrazone groups is 1. The molecule has 1 N–H and O–H groups in total. The zero-order valence-electron chi connectivity index (χ0n) is 17.2. The number of amides is 1. The molecule has 3 rings (SSSR count). The number of carbonyl (C=O) groups is 1. The van der Waals surface area contributed by atoms with Crippen molar-refractivity contribution in [2.45, 2.75) is 18.2 Å². The fourth-order valence-electron chi connectivity index (χ4n) is 2.87. The standard InChI is InChI=1S/C23H24N4O3S/c1-19-9-11-22(12-10-19)31(29,30)27(15-13-20-6-3-2-4-7-20)18-23(28)26-25-17-21-8-5-14-24-16-21/h2-12,14,16-17H,13,15,18H2,1H3,(H,26,28)/b25-17-. The lowest BCUT2D eigenvalue weighted by Crippen LogP contribution is -2.40. The molecule has 7 nitrogen and oxygen atoms in total. The average Bonchev–Trinajstić information content (AvgIpc) is 2.78. The van der Waals surface area contributed by atoms with E-state index in [1.54, 1.807) is 48.8 Å². The van der Waals surface area contributed by atoms with Gasteiger partial charge < -0.3 is 0 Å². The molecule has 0 aliphatic rings. The van der Waals surface area contributed by atoms with Crippen molar-refractivity contribution in [2.24, 2.45) is 5.10 Å². The Balaban J connectivity index is 1.73. The van der Waals surface area contributed by atoms with E-state index in [0.717, 1.165) is 16.7 Å². The lowest BCUT2D eigenvalue weighted by Gasteiger charge is -2.21. The van der Waals surface area contributed by atoms with Crippen LogP contribution in [0.25, 0.3) is 0 Å². The van der Waals surface area contributed by atoms with E-state index in [1.807, 2.05) is 37.3 Å². The number of sulfonamides is 1. The van der Waals surface area contributed by atoms with Gasteiger partial charge in [0.25, 0.3) is 5.91 Å². The number of nitrogens with zero attached hydrogens (tertiary/aromatic N) is 3. The van der Waals surface area contributed by atoms with Crippen molar-refractivity contribution in [3.8, 4) is 0 Å². The van der Waals surface area contributed by atoms with Crippen LogP contribution >= 0.6 is 0 Å². The summed E-state index contributed by atoms with van der Waals surface area (Å²) in [5.41, 5.74) is 5.05. The lowest BCUT2D eigenvalue weighted by molar-refractivity contribution is -0.121. The first-order chi connectivity index (χ1) is 14.9. The fourth-order valence-corrected chi connectivity index (χ4v) is 4.27. The molecule has 0 saturated heterocycles. The molecule has 0 aliphatic heterocycles. The van der Waals surface area contributed by atoms with Crippen LogP contribution in [0, 0.1) is 6.92 Å². The van der Waals surface area contributed by atoms with Crippen LogP contribution in [0.15, 0.2) is 89.1 Å². The molecule has 1 amide bonds. The van der Waals surface area contributed by atoms with Crippen molar-refractivity contribution in [3.05, 3.63) is 95.8 Å². The highest BCUT2D eigenvalue weighted by Crippen LogP contribution is 2.17. The highest BCUT2D eigenvalue weighted by molar-refractivity contribution is 7.89. The summed E-state index contributed by atoms with van der Waals surface area (Å²) in [5, 5.41) is 3.89. The third-order valence-corrected chi connectivity index (χ3v) is 6.42. The summed E-state index contributed by atoms with van der Waals surface area (Å²) >= 11 is 0. The predicted octanol–water partition coefficient (Wildman–Crippen LogP) is 2.77. The Morgan fingerprint density at radius 1 is 1.06 bits per heavy atom. The van der Waals surface area contributed by atoms with Crippen molar-refractivity contribution >= 4 is 22.1 Å². The maximum atomic E-state index is 13.2. The molecule has 8 heteroatoms. The minimum atomic E-state index is -3.85. The van der Waals surface area contributed by atoms with Gasteiger partial charge >= 0.3 is 0 Å². The predicted molar refractivity (Wildman–Crippen MR) is 120 cm³/mol. The van der Waals surface area contributed by atoms with E-state index in [4.69, 9.17) is 0 Å². The number of carbonyl (C=O) groups excluding carboxylic acids is 1. The molecule has 0 saturated carbocycles. The third-order valence-electron chi connectivity index (χ3n) is 4.56. The fraction of sp³-hybridized carbons (Fsp3) is 0.174. The maximum absolute atomic E-state index is 13.2. The second kappa shape index (κ2) is 10.6. The number of aryl methyl sites for hydroxylation is 1. The SMILES string of the molecule is Cc1ccc(S(=O)(=O)N(CCc2ccccc2)CC(=O)N/N=C\c2cccnc2)cc1. The van der Waals surface area contributed by atoms with Crippen LogP contribution < -0.4 is 5.43 Å². The van der Waals surface area contributed by atoms with Gasteiger partial charge in [-0.25, -0.2) is 13.8 Å². The molecule has 1 heterocycles. The largest absolute Gasteiger partial charge is 0.272 e. The number of hydrogen-bond donors (Lipinski definition) is 1. The minimum absolute atomic E-state index is 0.151. The Bertz CT molecular complexity index is 1120. The first kappa shape index (κ1) is 22.3. The zero-order chi connectivity index (χ0) is 22.1. The van der Waals surface area contributed by atoms with Crippen molar-refractivity contribution < 1.29 is 13.2 Å². The van der Waals surface area contributed by atoms with E-state index >= 15 is 0 Å². The molecule has 0 fully saturated rings. The summed E-state index contributed by atoms with van der Waals surface area (Å²) in [6.07, 6.45) is 5.17. The molecule has 0 unspecified atom stereocenters. The Kier molecular flexibility index (Phi) is 7.64. The molecule has 1 aromatic heterocycles. The van der Waals surface area contributed by atoms with Crippen LogP contribution in [-0.4, -0.2) is 42.9 Å². The summed E-state index contributed by atoms with van der Waals surface area (Å²) in [6, 6.07) is 19.7. The Morgan fingerprint density at radius 2 is 1.81 bits per heavy atom. The van der Waals surface area contributed by atoms with Crippen LogP contribution in [-0.2, 0) is 21.2 Å². The van der Waals surface area contributed by atoms with Gasteiger partial charge in [-0.05, 0) is 37.1 Å². The van der Waals surface area contributed by atoms with Gasteiger partial charge in [0.05, 0.1) is 17.7 Å². The van der Waals surface area contributed by atoms with Crippen molar-refractivity contribution in [1.82, 2.24) is 14.7 Å². The first-order valence-corrected chi connectivity index (χ1v) is 11.2. The summed E-state index contributed by atoms with van der Waals surface area (Å²) in [5.74, 6) is -0.524. The van der Waals surface area contributed by atoms with E-state index in [2.05, 4.69) is 15.5 Å². The second-order valence-corrected chi connectivity index (χ2v) is 8.90. The van der Waals surface area contributed by atoms with Gasteiger partial charge in [0.15, 0.2) is 0 Å². The van der Waals surface area contributed by atoms with Gasteiger partial charge in [-0.1, -0.05) is 54.1 Å². The summed E-state index contributed by atoms with van der Waals surface area (Å²) < 4.78 is 27.6. The number of aromatic nitrogens is 1. The smallest absolute Gasteiger partial charge is 0.255 e. The Morgan fingerprint density at radius 3 is 2.48 bits per heavy atom. The number of pyridine rings is 1. The first-order valence-electron chi connectivity index (χ1n) is 9.78. The van der Waals surface area contributed by atoms with E-state index < -0.39 is 15.9 Å². The van der Waals surface area contributed by atoms with Crippen LogP contribution in [0.1, 0.15) is 16.7 Å². The summed E-state index contributed by atoms with van der Waals surface area (Å²) in [6.45, 7) is 1.71. The van der Waals surface area contributed by atoms with E-state index in [9.17, 15) is 13.2 Å². The van der Waals surface area contributed by atoms with Gasteiger partial charge in [0, 0.05) is 24.5 Å². The van der Waals surface area contributed by atoms with Crippen molar-refractivity contribution in [3.63, 3.8) is 0 Å². The number of benzene rings is 2. The highest BCUT2D eigenvalue weighted by Gasteiger charge is 2.26. The molecule has 0 spiro atoms. The summed E-state index contributed by atoms with van der Waals surface area (Å²) in [7, 11) is -3.85. The van der Waals surface area contributed by atoms with Gasteiger partial charge in [-0.15, -0.1) is 0 Å². The highest BCUT2D eigenvalue weighted by atomic mass is 32.2. The monoisotopic (exact) mass is 436 g/mol. The molecule has 0 atom stereocenters. The number of rotatable bonds is 9. The minimum Gasteiger partial charge on any atom is -0.272 e. The van der Waals surface area contributed by atoms with Crippen LogP contribution in [0.4, 0.5) is 0 Å². The molecule has 3 aromatic rings. The molecule has 2 aromatic carbocycles. The molecule has 0 aliphatic carbocycles. The van der Waals surface area contributed by atoms with Gasteiger partial charge in [0.2, 0.25) is 10.0 Å². The summed E-state index contributed by atoms with van der Waals surface area (Å²) in [4.78, 5) is 16.6. The maximum Gasteiger partial charge on any atom is 0.255 e. The van der Waals surface area contributed by atoms with Crippen molar-refractivity contribution in [1.29, 1.82) is 0 Å². The lowest BCUT2D eigenvalue weighted by atomic mass is 10.1. The number of nitrogens with one attached hydrogen (secondary N) is 1. The van der Waals surface area contributed by atoms with Gasteiger partial charge in [-0.3, -0.25) is 9.78 Å². The van der Waals surface area contributed by atoms with Gasteiger partial charge in [0.1, 0.15) is 0 Å². The topological polar surface area (TPSA) is 91.7 Å². The Labute approximate surface area is 182 Å². The van der Waals surface area contributed by atoms with Crippen LogP contribution in [0.2, 0.25) is 0 Å². The zero-order valence-corrected chi connectivity index (χ0v) is 18.0. The molecule has 0 radical (unpaired) electrons. The van der Waals surface area contributed by atoms with Crippen LogP contribution in [0.3, 0.4) is 0 Å². The quantitative estimate of drug-likeness (QED) is 0.412. The van der Waals surface area contributed by atoms with Crippen LogP contribution in [0.5, 0.6) is 0 Å². The van der Waals surface area contributed by atoms with E-state index in [1.165, 1.54) is 10.5 Å². The van der Waals surface area contributed by atoms with Gasteiger partial charge in [-0.2, -0.15) is 9.41 Å². The average molecular weight is 437 g/mol. The normalized spacial score (nSPS) is 11.7. The molecule has 31 heavy (non-hydrogen) atoms. The molecular weight excluding hydrogens is 412 g/mol. The molecule has 160 valence electrons. The second-order valence-electron chi connectivity index (χ2n) is 6.97. The number of hydrogen-bond acceptors (Lipinski definition) is 5. The third kappa shape index (κ3) is 6.56. The van der Waals surface area contributed by atoms with E-state index in [0.29, 0.717) is 6.42 Å². The Hall–Kier alpha value is -3.36. The molecular formula is C23H24N4O3S.